The van der Waals surface area contributed by atoms with Crippen LogP contribution < -0.4 is 0 Å². The Morgan fingerprint density at radius 2 is 1.85 bits per heavy atom. The fraction of sp³-hybridized carbons (Fsp3) is 0.333. The van der Waals surface area contributed by atoms with Crippen LogP contribution in [0.1, 0.15) is 43.9 Å². The van der Waals surface area contributed by atoms with Crippen LogP contribution >= 0.6 is 15.9 Å². The van der Waals surface area contributed by atoms with Gasteiger partial charge in [-0.25, -0.2) is 9.18 Å². The standard InChI is InChI=1S/C21H21BrFNO3/c1-14(25)13-21(17-5-9-19(23)10-6-17)11-12-24(20(26)27-21)15(2)16-3-7-18(22)8-4-16/h3-10,15H,11-13H2,1-2H3. The summed E-state index contributed by atoms with van der Waals surface area (Å²) >= 11 is 3.41. The quantitative estimate of drug-likeness (QED) is 0.636. The molecular weight excluding hydrogens is 413 g/mol. The molecule has 0 bridgehead atoms. The SMILES string of the molecule is CC(=O)CC1(c2ccc(F)cc2)CCN(C(C)c2ccc(Br)cc2)C(=O)O1. The van der Waals surface area contributed by atoms with E-state index >= 15 is 0 Å². The summed E-state index contributed by atoms with van der Waals surface area (Å²) in [6, 6.07) is 13.4. The van der Waals surface area contributed by atoms with E-state index in [1.807, 2.05) is 31.2 Å². The van der Waals surface area contributed by atoms with Crippen LogP contribution in [0.3, 0.4) is 0 Å². The van der Waals surface area contributed by atoms with Gasteiger partial charge in [0.25, 0.3) is 0 Å². The summed E-state index contributed by atoms with van der Waals surface area (Å²) in [5.41, 5.74) is 0.589. The summed E-state index contributed by atoms with van der Waals surface area (Å²) in [6.07, 6.45) is 0.0673. The first-order chi connectivity index (χ1) is 12.8. The summed E-state index contributed by atoms with van der Waals surface area (Å²) in [5, 5.41) is 0. The van der Waals surface area contributed by atoms with Gasteiger partial charge in [-0.1, -0.05) is 40.2 Å². The molecule has 27 heavy (non-hydrogen) atoms. The fourth-order valence-corrected chi connectivity index (χ4v) is 3.79. The molecule has 2 aromatic rings. The number of ketones is 1. The van der Waals surface area contributed by atoms with Crippen molar-refractivity contribution in [3.05, 3.63) is 69.9 Å². The van der Waals surface area contributed by atoms with Gasteiger partial charge >= 0.3 is 6.09 Å². The number of hydrogen-bond acceptors (Lipinski definition) is 3. The molecule has 0 saturated carbocycles. The first-order valence-corrected chi connectivity index (χ1v) is 9.60. The third kappa shape index (κ3) is 4.21. The lowest BCUT2D eigenvalue weighted by molar-refractivity contribution is -0.126. The number of hydrogen-bond donors (Lipinski definition) is 0. The normalized spacial score (nSPS) is 20.9. The molecule has 2 atom stereocenters. The molecule has 4 nitrogen and oxygen atoms in total. The van der Waals surface area contributed by atoms with E-state index in [1.54, 1.807) is 17.0 Å². The van der Waals surface area contributed by atoms with Crippen molar-refractivity contribution in [3.8, 4) is 0 Å². The lowest BCUT2D eigenvalue weighted by atomic mass is 9.84. The van der Waals surface area contributed by atoms with Crippen molar-refractivity contribution in [3.63, 3.8) is 0 Å². The number of amides is 1. The Bertz CT molecular complexity index is 838. The van der Waals surface area contributed by atoms with E-state index in [-0.39, 0.29) is 24.1 Å². The van der Waals surface area contributed by atoms with Crippen molar-refractivity contribution < 1.29 is 18.7 Å². The van der Waals surface area contributed by atoms with Gasteiger partial charge in [-0.05, 0) is 49.2 Å². The van der Waals surface area contributed by atoms with E-state index in [1.165, 1.54) is 19.1 Å². The van der Waals surface area contributed by atoms with Crippen LogP contribution in [0.2, 0.25) is 0 Å². The zero-order valence-electron chi connectivity index (χ0n) is 15.2. The van der Waals surface area contributed by atoms with E-state index in [2.05, 4.69) is 15.9 Å². The third-order valence-corrected chi connectivity index (χ3v) is 5.53. The molecule has 1 saturated heterocycles. The number of Topliss-reactive ketones (excluding diaryl/α,β-unsaturated/α-hetero) is 1. The Balaban J connectivity index is 1.85. The van der Waals surface area contributed by atoms with E-state index in [0.29, 0.717) is 18.5 Å². The molecule has 3 rings (SSSR count). The van der Waals surface area contributed by atoms with Crippen molar-refractivity contribution in [1.29, 1.82) is 0 Å². The Morgan fingerprint density at radius 3 is 2.41 bits per heavy atom. The molecule has 2 aromatic carbocycles. The molecule has 1 aliphatic rings. The van der Waals surface area contributed by atoms with E-state index in [4.69, 9.17) is 4.74 Å². The molecule has 1 fully saturated rings. The van der Waals surface area contributed by atoms with Crippen molar-refractivity contribution in [2.75, 3.05) is 6.54 Å². The predicted octanol–water partition coefficient (Wildman–Crippen LogP) is 5.37. The minimum atomic E-state index is -1.05. The highest BCUT2D eigenvalue weighted by Crippen LogP contribution is 2.39. The van der Waals surface area contributed by atoms with Gasteiger partial charge in [0.2, 0.25) is 0 Å². The van der Waals surface area contributed by atoms with Gasteiger partial charge in [-0.3, -0.25) is 4.79 Å². The van der Waals surface area contributed by atoms with Gasteiger partial charge < -0.3 is 9.64 Å². The van der Waals surface area contributed by atoms with E-state index in [9.17, 15) is 14.0 Å². The summed E-state index contributed by atoms with van der Waals surface area (Å²) in [6.45, 7) is 3.86. The first kappa shape index (κ1) is 19.5. The smallest absolute Gasteiger partial charge is 0.411 e. The van der Waals surface area contributed by atoms with E-state index < -0.39 is 11.7 Å². The van der Waals surface area contributed by atoms with Crippen LogP contribution in [0, 0.1) is 5.82 Å². The maximum absolute atomic E-state index is 13.3. The molecule has 142 valence electrons. The van der Waals surface area contributed by atoms with E-state index in [0.717, 1.165) is 10.0 Å². The summed E-state index contributed by atoms with van der Waals surface area (Å²) < 4.78 is 20.1. The minimum Gasteiger partial charge on any atom is -0.437 e. The highest BCUT2D eigenvalue weighted by molar-refractivity contribution is 9.10. The van der Waals surface area contributed by atoms with Crippen LogP contribution in [0.5, 0.6) is 0 Å². The maximum Gasteiger partial charge on any atom is 0.411 e. The molecule has 6 heteroatoms. The highest BCUT2D eigenvalue weighted by atomic mass is 79.9. The number of ether oxygens (including phenoxy) is 1. The summed E-state index contributed by atoms with van der Waals surface area (Å²) in [4.78, 5) is 26.3. The third-order valence-electron chi connectivity index (χ3n) is 5.00. The Labute approximate surface area is 166 Å². The largest absolute Gasteiger partial charge is 0.437 e. The monoisotopic (exact) mass is 433 g/mol. The van der Waals surface area contributed by atoms with Crippen LogP contribution in [0.15, 0.2) is 53.0 Å². The predicted molar refractivity (Wildman–Crippen MR) is 104 cm³/mol. The average Bonchev–Trinajstić information content (AvgIpc) is 2.62. The molecule has 1 amide bonds. The van der Waals surface area contributed by atoms with Gasteiger partial charge in [0.1, 0.15) is 17.2 Å². The molecular formula is C21H21BrFNO3. The number of benzene rings is 2. The van der Waals surface area contributed by atoms with Gasteiger partial charge in [0, 0.05) is 17.4 Å². The van der Waals surface area contributed by atoms with Crippen molar-refractivity contribution >= 4 is 27.8 Å². The van der Waals surface area contributed by atoms with Crippen LogP contribution in [0.25, 0.3) is 0 Å². The topological polar surface area (TPSA) is 46.6 Å². The van der Waals surface area contributed by atoms with Gasteiger partial charge in [-0.15, -0.1) is 0 Å². The molecule has 0 radical (unpaired) electrons. The number of rotatable bonds is 5. The van der Waals surface area contributed by atoms with Gasteiger partial charge in [-0.2, -0.15) is 0 Å². The second-order valence-electron chi connectivity index (χ2n) is 6.92. The minimum absolute atomic E-state index is 0.0743. The van der Waals surface area contributed by atoms with Gasteiger partial charge in [0.15, 0.2) is 0 Å². The second-order valence-corrected chi connectivity index (χ2v) is 7.83. The molecule has 0 aliphatic carbocycles. The molecule has 0 spiro atoms. The lowest BCUT2D eigenvalue weighted by Gasteiger charge is -2.43. The lowest BCUT2D eigenvalue weighted by Crippen LogP contribution is -2.49. The summed E-state index contributed by atoms with van der Waals surface area (Å²) in [7, 11) is 0. The van der Waals surface area contributed by atoms with Crippen LogP contribution in [-0.2, 0) is 15.1 Å². The van der Waals surface area contributed by atoms with Crippen molar-refractivity contribution in [2.24, 2.45) is 0 Å². The molecule has 0 N–H and O–H groups in total. The average molecular weight is 434 g/mol. The Morgan fingerprint density at radius 1 is 1.22 bits per heavy atom. The zero-order valence-corrected chi connectivity index (χ0v) is 16.8. The molecule has 1 aliphatic heterocycles. The number of carbonyl (C=O) groups excluding carboxylic acids is 2. The Hall–Kier alpha value is -2.21. The number of nitrogens with zero attached hydrogens (tertiary/aromatic N) is 1. The van der Waals surface area contributed by atoms with Crippen LogP contribution in [0.4, 0.5) is 9.18 Å². The maximum atomic E-state index is 13.3. The fourth-order valence-electron chi connectivity index (χ4n) is 3.53. The highest BCUT2D eigenvalue weighted by Gasteiger charge is 2.44. The second kappa shape index (κ2) is 7.80. The number of halogens is 2. The van der Waals surface area contributed by atoms with Crippen LogP contribution in [-0.4, -0.2) is 23.3 Å². The number of carbonyl (C=O) groups is 2. The molecule has 2 unspecified atom stereocenters. The zero-order chi connectivity index (χ0) is 19.6. The van der Waals surface area contributed by atoms with Crippen molar-refractivity contribution in [2.45, 2.75) is 38.3 Å². The van der Waals surface area contributed by atoms with Gasteiger partial charge in [0.05, 0.1) is 12.5 Å². The van der Waals surface area contributed by atoms with Crippen molar-refractivity contribution in [1.82, 2.24) is 4.90 Å². The summed E-state index contributed by atoms with van der Waals surface area (Å²) in [5.74, 6) is -0.453. The Kier molecular flexibility index (Phi) is 5.65. The first-order valence-electron chi connectivity index (χ1n) is 8.81. The molecule has 1 heterocycles. The molecule has 0 aromatic heterocycles. The number of cyclic esters (lactones) is 1.